The standard InChI is InChI=1S/C12H18Br2N2O2S/c1-7(2)8(3)6-16-19(17,18)12-10(13)4-9(15)5-11(12)14/h4-5,7-8,16H,6,15H2,1-3H3. The normalized spacial score (nSPS) is 13.8. The molecule has 19 heavy (non-hydrogen) atoms. The van der Waals surface area contributed by atoms with Crippen LogP contribution in [0.25, 0.3) is 0 Å². The molecule has 0 aliphatic rings. The second kappa shape index (κ2) is 6.56. The Labute approximate surface area is 131 Å². The molecule has 0 aromatic heterocycles. The van der Waals surface area contributed by atoms with Crippen LogP contribution in [0.2, 0.25) is 0 Å². The van der Waals surface area contributed by atoms with Crippen LogP contribution in [-0.4, -0.2) is 15.0 Å². The van der Waals surface area contributed by atoms with Crippen LogP contribution >= 0.6 is 31.9 Å². The molecule has 1 atom stereocenters. The summed E-state index contributed by atoms with van der Waals surface area (Å²) in [7, 11) is -3.57. The van der Waals surface area contributed by atoms with Crippen LogP contribution in [0.5, 0.6) is 0 Å². The number of sulfonamides is 1. The Morgan fingerprint density at radius 2 is 1.68 bits per heavy atom. The highest BCUT2D eigenvalue weighted by Gasteiger charge is 2.22. The Kier molecular flexibility index (Phi) is 5.85. The number of halogens is 2. The minimum Gasteiger partial charge on any atom is -0.399 e. The Morgan fingerprint density at radius 3 is 2.11 bits per heavy atom. The molecule has 0 bridgehead atoms. The largest absolute Gasteiger partial charge is 0.399 e. The van der Waals surface area contributed by atoms with Crippen LogP contribution in [-0.2, 0) is 10.0 Å². The Balaban J connectivity index is 3.02. The van der Waals surface area contributed by atoms with Gasteiger partial charge in [0.2, 0.25) is 10.0 Å². The van der Waals surface area contributed by atoms with Crippen molar-refractivity contribution in [1.29, 1.82) is 0 Å². The van der Waals surface area contributed by atoms with Crippen molar-refractivity contribution in [1.82, 2.24) is 4.72 Å². The zero-order valence-corrected chi connectivity index (χ0v) is 15.1. The molecule has 1 aromatic carbocycles. The van der Waals surface area contributed by atoms with Gasteiger partial charge >= 0.3 is 0 Å². The van der Waals surface area contributed by atoms with Crippen molar-refractivity contribution in [3.05, 3.63) is 21.1 Å². The van der Waals surface area contributed by atoms with E-state index in [0.717, 1.165) is 0 Å². The van der Waals surface area contributed by atoms with Crippen LogP contribution in [0.1, 0.15) is 20.8 Å². The molecule has 0 spiro atoms. The highest BCUT2D eigenvalue weighted by Crippen LogP contribution is 2.32. The van der Waals surface area contributed by atoms with Gasteiger partial charge < -0.3 is 5.73 Å². The zero-order chi connectivity index (χ0) is 14.8. The first-order chi connectivity index (χ1) is 8.65. The van der Waals surface area contributed by atoms with Crippen molar-refractivity contribution in [2.45, 2.75) is 25.7 Å². The van der Waals surface area contributed by atoms with E-state index >= 15 is 0 Å². The Bertz CT molecular complexity index is 536. The van der Waals surface area contributed by atoms with Crippen molar-refractivity contribution < 1.29 is 8.42 Å². The molecule has 108 valence electrons. The number of nitrogens with two attached hydrogens (primary N) is 1. The van der Waals surface area contributed by atoms with Crippen molar-refractivity contribution in [3.63, 3.8) is 0 Å². The number of anilines is 1. The topological polar surface area (TPSA) is 72.2 Å². The molecular formula is C12H18Br2N2O2S. The third-order valence-electron chi connectivity index (χ3n) is 3.02. The van der Waals surface area contributed by atoms with Crippen LogP contribution in [0.4, 0.5) is 5.69 Å². The van der Waals surface area contributed by atoms with Gasteiger partial charge in [-0.25, -0.2) is 13.1 Å². The Morgan fingerprint density at radius 1 is 1.21 bits per heavy atom. The predicted octanol–water partition coefficient (Wildman–Crippen LogP) is 3.36. The molecule has 1 aromatic rings. The molecule has 0 amide bonds. The van der Waals surface area contributed by atoms with Gasteiger partial charge in [0.15, 0.2) is 0 Å². The third kappa shape index (κ3) is 4.44. The molecule has 4 nitrogen and oxygen atoms in total. The van der Waals surface area contributed by atoms with E-state index in [1.54, 1.807) is 12.1 Å². The predicted molar refractivity (Wildman–Crippen MR) is 85.4 cm³/mol. The highest BCUT2D eigenvalue weighted by atomic mass is 79.9. The summed E-state index contributed by atoms with van der Waals surface area (Å²) in [5, 5.41) is 0. The fourth-order valence-corrected chi connectivity index (χ4v) is 5.14. The first-order valence-corrected chi connectivity index (χ1v) is 8.96. The van der Waals surface area contributed by atoms with Gasteiger partial charge in [0.05, 0.1) is 0 Å². The summed E-state index contributed by atoms with van der Waals surface area (Å²) in [6.45, 7) is 6.55. The SMILES string of the molecule is CC(C)C(C)CNS(=O)(=O)c1c(Br)cc(N)cc1Br. The molecule has 3 N–H and O–H groups in total. The number of rotatable bonds is 5. The van der Waals surface area contributed by atoms with Crippen LogP contribution in [0.3, 0.4) is 0 Å². The number of benzene rings is 1. The monoisotopic (exact) mass is 412 g/mol. The van der Waals surface area contributed by atoms with E-state index in [2.05, 4.69) is 50.4 Å². The lowest BCUT2D eigenvalue weighted by molar-refractivity contribution is 0.414. The number of nitrogen functional groups attached to an aromatic ring is 1. The van der Waals surface area contributed by atoms with Crippen molar-refractivity contribution in [2.75, 3.05) is 12.3 Å². The molecule has 0 saturated heterocycles. The lowest BCUT2D eigenvalue weighted by Crippen LogP contribution is -2.30. The molecule has 0 saturated carbocycles. The van der Waals surface area contributed by atoms with E-state index in [1.165, 1.54) is 0 Å². The maximum atomic E-state index is 12.3. The van der Waals surface area contributed by atoms with Gasteiger partial charge in [0.1, 0.15) is 4.90 Å². The first kappa shape index (κ1) is 16.9. The molecule has 1 unspecified atom stereocenters. The summed E-state index contributed by atoms with van der Waals surface area (Å²) in [4.78, 5) is 0.178. The summed E-state index contributed by atoms with van der Waals surface area (Å²) >= 11 is 6.48. The van der Waals surface area contributed by atoms with E-state index in [-0.39, 0.29) is 10.8 Å². The fourth-order valence-electron chi connectivity index (χ4n) is 1.39. The quantitative estimate of drug-likeness (QED) is 0.726. The number of hydrogen-bond donors (Lipinski definition) is 2. The van der Waals surface area contributed by atoms with Gasteiger partial charge in [-0.1, -0.05) is 20.8 Å². The summed E-state index contributed by atoms with van der Waals surface area (Å²) in [6.07, 6.45) is 0. The van der Waals surface area contributed by atoms with Gasteiger partial charge in [-0.05, 0) is 55.8 Å². The van der Waals surface area contributed by atoms with Gasteiger partial charge in [-0.15, -0.1) is 0 Å². The smallest absolute Gasteiger partial charge is 0.242 e. The fraction of sp³-hybridized carbons (Fsp3) is 0.500. The van der Waals surface area contributed by atoms with E-state index in [4.69, 9.17) is 5.73 Å². The summed E-state index contributed by atoms with van der Waals surface area (Å²) in [6, 6.07) is 3.15. The van der Waals surface area contributed by atoms with E-state index in [0.29, 0.717) is 27.1 Å². The van der Waals surface area contributed by atoms with E-state index in [1.807, 2.05) is 6.92 Å². The average Bonchev–Trinajstić information content (AvgIpc) is 2.23. The first-order valence-electron chi connectivity index (χ1n) is 5.89. The van der Waals surface area contributed by atoms with E-state index < -0.39 is 10.0 Å². The van der Waals surface area contributed by atoms with Crippen LogP contribution in [0.15, 0.2) is 26.0 Å². The zero-order valence-electron chi connectivity index (χ0n) is 11.1. The number of nitrogens with one attached hydrogen (secondary N) is 1. The van der Waals surface area contributed by atoms with Crippen LogP contribution in [0, 0.1) is 11.8 Å². The lowest BCUT2D eigenvalue weighted by Gasteiger charge is -2.17. The van der Waals surface area contributed by atoms with Crippen LogP contribution < -0.4 is 10.5 Å². The summed E-state index contributed by atoms with van der Waals surface area (Å²) in [5.74, 6) is 0.683. The summed E-state index contributed by atoms with van der Waals surface area (Å²) < 4.78 is 28.1. The number of hydrogen-bond acceptors (Lipinski definition) is 3. The minimum absolute atomic E-state index is 0.178. The second-order valence-corrected chi connectivity index (χ2v) is 8.30. The molecule has 0 fully saturated rings. The highest BCUT2D eigenvalue weighted by molar-refractivity contribution is 9.11. The van der Waals surface area contributed by atoms with Gasteiger partial charge in [0, 0.05) is 21.2 Å². The Hall–Kier alpha value is -0.110. The third-order valence-corrected chi connectivity index (χ3v) is 6.32. The van der Waals surface area contributed by atoms with Crippen molar-refractivity contribution in [2.24, 2.45) is 11.8 Å². The molecular weight excluding hydrogens is 396 g/mol. The lowest BCUT2D eigenvalue weighted by atomic mass is 9.99. The molecule has 0 aliphatic heterocycles. The molecule has 0 heterocycles. The molecule has 0 aliphatic carbocycles. The molecule has 7 heteroatoms. The van der Waals surface area contributed by atoms with Gasteiger partial charge in [0.25, 0.3) is 0 Å². The molecule has 1 rings (SSSR count). The van der Waals surface area contributed by atoms with Crippen molar-refractivity contribution >= 4 is 47.6 Å². The minimum atomic E-state index is -3.57. The van der Waals surface area contributed by atoms with Crippen molar-refractivity contribution in [3.8, 4) is 0 Å². The molecule has 0 radical (unpaired) electrons. The van der Waals surface area contributed by atoms with E-state index in [9.17, 15) is 8.42 Å². The maximum Gasteiger partial charge on any atom is 0.242 e. The van der Waals surface area contributed by atoms with Gasteiger partial charge in [-0.3, -0.25) is 0 Å². The second-order valence-electron chi connectivity index (χ2n) is 4.89. The average molecular weight is 414 g/mol. The van der Waals surface area contributed by atoms with Gasteiger partial charge in [-0.2, -0.15) is 0 Å². The maximum absolute atomic E-state index is 12.3. The summed E-state index contributed by atoms with van der Waals surface area (Å²) in [5.41, 5.74) is 6.15.